The number of likely N-dealkylation sites (tertiary alicyclic amines) is 1. The minimum absolute atomic E-state index is 0.173. The zero-order valence-electron chi connectivity index (χ0n) is 11.9. The summed E-state index contributed by atoms with van der Waals surface area (Å²) >= 11 is 0. The molecule has 2 rings (SSSR count). The molecule has 0 spiro atoms. The van der Waals surface area contributed by atoms with Crippen LogP contribution in [-0.4, -0.2) is 29.9 Å². The van der Waals surface area contributed by atoms with Gasteiger partial charge < -0.3 is 10.6 Å². The Hall–Kier alpha value is -0.570. The number of hydrogen-bond donors (Lipinski definition) is 1. The second-order valence-electron chi connectivity index (χ2n) is 6.32. The Morgan fingerprint density at radius 1 is 1.39 bits per heavy atom. The molecule has 2 N–H and O–H groups in total. The van der Waals surface area contributed by atoms with Crippen molar-refractivity contribution in [3.05, 3.63) is 0 Å². The molecule has 1 amide bonds. The molecule has 1 aliphatic carbocycles. The minimum atomic E-state index is 0.173. The summed E-state index contributed by atoms with van der Waals surface area (Å²) in [5.41, 5.74) is 6.04. The molecule has 104 valence electrons. The van der Waals surface area contributed by atoms with Gasteiger partial charge in [-0.2, -0.15) is 0 Å². The van der Waals surface area contributed by atoms with Gasteiger partial charge in [0.25, 0.3) is 0 Å². The molecule has 1 aliphatic heterocycles. The molecule has 2 aliphatic rings. The van der Waals surface area contributed by atoms with E-state index >= 15 is 0 Å². The molecule has 4 atom stereocenters. The van der Waals surface area contributed by atoms with E-state index in [0.717, 1.165) is 31.8 Å². The van der Waals surface area contributed by atoms with Crippen molar-refractivity contribution in [1.82, 2.24) is 4.90 Å². The normalized spacial score (nSPS) is 34.6. The molecule has 1 saturated carbocycles. The van der Waals surface area contributed by atoms with Gasteiger partial charge in [-0.15, -0.1) is 0 Å². The lowest BCUT2D eigenvalue weighted by atomic mass is 9.78. The minimum Gasteiger partial charge on any atom is -0.342 e. The summed E-state index contributed by atoms with van der Waals surface area (Å²) in [6.45, 7) is 6.30. The summed E-state index contributed by atoms with van der Waals surface area (Å²) in [7, 11) is 0. The van der Waals surface area contributed by atoms with Gasteiger partial charge >= 0.3 is 0 Å². The lowest BCUT2D eigenvalue weighted by Gasteiger charge is -2.32. The molecule has 3 heteroatoms. The van der Waals surface area contributed by atoms with E-state index < -0.39 is 0 Å². The lowest BCUT2D eigenvalue weighted by Crippen LogP contribution is -2.39. The molecule has 0 radical (unpaired) electrons. The van der Waals surface area contributed by atoms with Crippen molar-refractivity contribution in [2.75, 3.05) is 13.1 Å². The maximum absolute atomic E-state index is 12.5. The molecule has 0 aromatic heterocycles. The van der Waals surface area contributed by atoms with Crippen LogP contribution in [0.5, 0.6) is 0 Å². The van der Waals surface area contributed by atoms with E-state index in [2.05, 4.69) is 18.7 Å². The largest absolute Gasteiger partial charge is 0.342 e. The number of hydrogen-bond acceptors (Lipinski definition) is 2. The fourth-order valence-corrected chi connectivity index (χ4v) is 3.58. The highest BCUT2D eigenvalue weighted by Crippen LogP contribution is 2.31. The standard InChI is InChI=1S/C15H28N2O/c1-3-12-7-8-17(10-12)15(18)11(2)13-5-4-6-14(16)9-13/h11-14H,3-10,16H2,1-2H3. The molecule has 1 saturated heterocycles. The van der Waals surface area contributed by atoms with Crippen LogP contribution in [0.25, 0.3) is 0 Å². The Bertz CT molecular complexity index is 292. The Balaban J connectivity index is 1.88. The monoisotopic (exact) mass is 252 g/mol. The molecule has 0 bridgehead atoms. The Kier molecular flexibility index (Phi) is 4.66. The van der Waals surface area contributed by atoms with Crippen molar-refractivity contribution in [2.24, 2.45) is 23.5 Å². The van der Waals surface area contributed by atoms with Crippen molar-refractivity contribution < 1.29 is 4.79 Å². The van der Waals surface area contributed by atoms with Crippen molar-refractivity contribution in [2.45, 2.75) is 58.4 Å². The van der Waals surface area contributed by atoms with Crippen molar-refractivity contribution in [1.29, 1.82) is 0 Å². The molecule has 18 heavy (non-hydrogen) atoms. The molecular weight excluding hydrogens is 224 g/mol. The Morgan fingerprint density at radius 2 is 2.17 bits per heavy atom. The van der Waals surface area contributed by atoms with Crippen LogP contribution in [0.2, 0.25) is 0 Å². The predicted molar refractivity (Wildman–Crippen MR) is 74.1 cm³/mol. The fourth-order valence-electron chi connectivity index (χ4n) is 3.58. The van der Waals surface area contributed by atoms with E-state index in [1.54, 1.807) is 0 Å². The molecule has 0 aromatic carbocycles. The number of nitrogens with two attached hydrogens (primary N) is 1. The zero-order valence-corrected chi connectivity index (χ0v) is 11.9. The number of nitrogens with zero attached hydrogens (tertiary/aromatic N) is 1. The fraction of sp³-hybridized carbons (Fsp3) is 0.933. The maximum atomic E-state index is 12.5. The van der Waals surface area contributed by atoms with Gasteiger partial charge in [-0.3, -0.25) is 4.79 Å². The third kappa shape index (κ3) is 3.05. The third-order valence-corrected chi connectivity index (χ3v) is 5.03. The highest BCUT2D eigenvalue weighted by atomic mass is 16.2. The van der Waals surface area contributed by atoms with Crippen LogP contribution in [0.3, 0.4) is 0 Å². The first kappa shape index (κ1) is 13.9. The topological polar surface area (TPSA) is 46.3 Å². The summed E-state index contributed by atoms with van der Waals surface area (Å²) in [6, 6.07) is 0.320. The lowest BCUT2D eigenvalue weighted by molar-refractivity contribution is -0.136. The highest BCUT2D eigenvalue weighted by Gasteiger charge is 2.33. The van der Waals surface area contributed by atoms with E-state index in [-0.39, 0.29) is 5.92 Å². The number of amides is 1. The van der Waals surface area contributed by atoms with Crippen LogP contribution in [0, 0.1) is 17.8 Å². The van der Waals surface area contributed by atoms with Gasteiger partial charge in [0.2, 0.25) is 5.91 Å². The summed E-state index contributed by atoms with van der Waals surface area (Å²) in [5, 5.41) is 0. The SMILES string of the molecule is CCC1CCN(C(=O)C(C)C2CCCC(N)C2)C1. The molecule has 2 fully saturated rings. The second kappa shape index (κ2) is 6.05. The second-order valence-corrected chi connectivity index (χ2v) is 6.32. The van der Waals surface area contributed by atoms with Gasteiger partial charge in [0.15, 0.2) is 0 Å². The zero-order chi connectivity index (χ0) is 13.1. The van der Waals surface area contributed by atoms with Gasteiger partial charge in [-0.05, 0) is 37.5 Å². The Morgan fingerprint density at radius 3 is 2.78 bits per heavy atom. The number of carbonyl (C=O) groups excluding carboxylic acids is 1. The molecule has 0 aromatic rings. The first-order valence-electron chi connectivity index (χ1n) is 7.66. The molecule has 4 unspecified atom stereocenters. The quantitative estimate of drug-likeness (QED) is 0.838. The van der Waals surface area contributed by atoms with Crippen LogP contribution in [0.1, 0.15) is 52.4 Å². The van der Waals surface area contributed by atoms with Crippen molar-refractivity contribution in [3.8, 4) is 0 Å². The first-order chi connectivity index (χ1) is 8.61. The summed E-state index contributed by atoms with van der Waals surface area (Å²) in [6.07, 6.45) is 6.95. The highest BCUT2D eigenvalue weighted by molar-refractivity contribution is 5.79. The van der Waals surface area contributed by atoms with Crippen LogP contribution in [0.15, 0.2) is 0 Å². The van der Waals surface area contributed by atoms with Crippen LogP contribution in [0.4, 0.5) is 0 Å². The van der Waals surface area contributed by atoms with Crippen LogP contribution >= 0.6 is 0 Å². The van der Waals surface area contributed by atoms with E-state index in [1.165, 1.54) is 25.7 Å². The molecular formula is C15H28N2O. The summed E-state index contributed by atoms with van der Waals surface area (Å²) in [5.74, 6) is 1.80. The van der Waals surface area contributed by atoms with E-state index in [4.69, 9.17) is 5.73 Å². The van der Waals surface area contributed by atoms with Crippen molar-refractivity contribution >= 4 is 5.91 Å². The van der Waals surface area contributed by atoms with Gasteiger partial charge in [-0.25, -0.2) is 0 Å². The van der Waals surface area contributed by atoms with E-state index in [9.17, 15) is 4.79 Å². The first-order valence-corrected chi connectivity index (χ1v) is 7.66. The van der Waals surface area contributed by atoms with Gasteiger partial charge in [0.05, 0.1) is 0 Å². The summed E-state index contributed by atoms with van der Waals surface area (Å²) in [4.78, 5) is 14.6. The summed E-state index contributed by atoms with van der Waals surface area (Å²) < 4.78 is 0. The maximum Gasteiger partial charge on any atom is 0.225 e. The smallest absolute Gasteiger partial charge is 0.225 e. The van der Waals surface area contributed by atoms with Gasteiger partial charge in [0.1, 0.15) is 0 Å². The number of rotatable bonds is 3. The van der Waals surface area contributed by atoms with Crippen molar-refractivity contribution in [3.63, 3.8) is 0 Å². The van der Waals surface area contributed by atoms with Gasteiger partial charge in [-0.1, -0.05) is 26.7 Å². The van der Waals surface area contributed by atoms with Crippen LogP contribution in [-0.2, 0) is 4.79 Å². The average molecular weight is 252 g/mol. The molecule has 1 heterocycles. The van der Waals surface area contributed by atoms with Crippen LogP contribution < -0.4 is 5.73 Å². The number of carbonyl (C=O) groups is 1. The molecule has 3 nitrogen and oxygen atoms in total. The third-order valence-electron chi connectivity index (χ3n) is 5.03. The Labute approximate surface area is 111 Å². The predicted octanol–water partition coefficient (Wildman–Crippen LogP) is 2.40. The average Bonchev–Trinajstić information content (AvgIpc) is 2.85. The van der Waals surface area contributed by atoms with E-state index in [0.29, 0.717) is 17.9 Å². The van der Waals surface area contributed by atoms with Gasteiger partial charge in [0, 0.05) is 25.0 Å². The van der Waals surface area contributed by atoms with E-state index in [1.807, 2.05) is 0 Å².